The number of halogens is 1. The molecule has 2 aliphatic heterocycles. The first kappa shape index (κ1) is 20.8. The topological polar surface area (TPSA) is 99.9 Å². The molecule has 0 unspecified atom stereocenters. The molecule has 166 valence electrons. The molecule has 9 heteroatoms. The summed E-state index contributed by atoms with van der Waals surface area (Å²) >= 11 is 6.36. The molecule has 1 atom stereocenters. The highest BCUT2D eigenvalue weighted by Crippen LogP contribution is 2.42. The van der Waals surface area contributed by atoms with E-state index < -0.39 is 11.6 Å². The van der Waals surface area contributed by atoms with Crippen molar-refractivity contribution in [2.75, 3.05) is 14.2 Å². The molecule has 2 aliphatic rings. The summed E-state index contributed by atoms with van der Waals surface area (Å²) in [5.41, 5.74) is 1.82. The monoisotopic (exact) mass is 456 g/mol. The Morgan fingerprint density at radius 3 is 2.56 bits per heavy atom. The van der Waals surface area contributed by atoms with Gasteiger partial charge in [-0.25, -0.2) is 9.78 Å². The molecule has 4 heterocycles. The number of cyclic esters (lactones) is 1. The molecule has 8 nitrogen and oxygen atoms in total. The second-order valence-electron chi connectivity index (χ2n) is 7.88. The van der Waals surface area contributed by atoms with Crippen molar-refractivity contribution in [3.05, 3.63) is 50.8 Å². The zero-order valence-corrected chi connectivity index (χ0v) is 18.6. The minimum Gasteiger partial charge on any atom is -0.493 e. The smallest absolute Gasteiger partial charge is 0.343 e. The molecule has 1 aromatic carbocycles. The van der Waals surface area contributed by atoms with Crippen molar-refractivity contribution in [3.63, 3.8) is 0 Å². The maximum atomic E-state index is 13.3. The lowest BCUT2D eigenvalue weighted by molar-refractivity contribution is -0.172. The zero-order chi connectivity index (χ0) is 22.8. The Balaban J connectivity index is 1.82. The standard InChI is InChI=1S/C23H21ClN2O6/c1-4-23(29)15-6-17-20-13(9-26(17)21(27)14(15)10-32-22(23)28)12(8-24)11-5-18(30-2)19(31-3)7-16(11)25-20/h5-7,29H,4,8-10H2,1-3H3/t23-/m0/s1. The Hall–Kier alpha value is -3.10. The van der Waals surface area contributed by atoms with Crippen LogP contribution in [-0.2, 0) is 34.2 Å². The molecule has 2 aromatic heterocycles. The van der Waals surface area contributed by atoms with Crippen LogP contribution in [0.4, 0.5) is 0 Å². The molecule has 0 radical (unpaired) electrons. The van der Waals surface area contributed by atoms with E-state index in [0.717, 1.165) is 16.5 Å². The van der Waals surface area contributed by atoms with E-state index in [0.29, 0.717) is 28.4 Å². The summed E-state index contributed by atoms with van der Waals surface area (Å²) in [6.07, 6.45) is 0.0870. The summed E-state index contributed by atoms with van der Waals surface area (Å²) in [5, 5.41) is 11.8. The highest BCUT2D eigenvalue weighted by Gasteiger charge is 2.45. The van der Waals surface area contributed by atoms with Crippen LogP contribution >= 0.6 is 11.6 Å². The summed E-state index contributed by atoms with van der Waals surface area (Å²) in [6.45, 7) is 1.79. The summed E-state index contributed by atoms with van der Waals surface area (Å²) in [4.78, 5) is 30.5. The number of carbonyl (C=O) groups is 1. The first-order valence-electron chi connectivity index (χ1n) is 10.2. The lowest BCUT2D eigenvalue weighted by Gasteiger charge is -2.31. The number of pyridine rings is 2. The number of fused-ring (bicyclic) bond motifs is 5. The first-order valence-corrected chi connectivity index (χ1v) is 10.7. The van der Waals surface area contributed by atoms with Gasteiger partial charge in [-0.05, 0) is 24.1 Å². The maximum absolute atomic E-state index is 13.3. The number of nitrogens with zero attached hydrogens (tertiary/aromatic N) is 2. The number of esters is 1. The molecule has 5 rings (SSSR count). The van der Waals surface area contributed by atoms with Gasteiger partial charge in [0.05, 0.1) is 43.2 Å². The minimum absolute atomic E-state index is 0.0870. The van der Waals surface area contributed by atoms with Crippen molar-refractivity contribution in [2.45, 2.75) is 38.0 Å². The Bertz CT molecular complexity index is 1370. The van der Waals surface area contributed by atoms with Crippen LogP contribution in [-0.4, -0.2) is 34.8 Å². The number of hydrogen-bond acceptors (Lipinski definition) is 7. The third kappa shape index (κ3) is 2.63. The van der Waals surface area contributed by atoms with E-state index in [2.05, 4.69) is 0 Å². The first-order chi connectivity index (χ1) is 15.4. The molecule has 0 saturated carbocycles. The molecule has 0 fully saturated rings. The number of carbonyl (C=O) groups excluding carboxylic acids is 1. The highest BCUT2D eigenvalue weighted by molar-refractivity contribution is 6.18. The molecule has 0 spiro atoms. The van der Waals surface area contributed by atoms with Crippen molar-refractivity contribution in [2.24, 2.45) is 0 Å². The zero-order valence-electron chi connectivity index (χ0n) is 17.8. The number of benzene rings is 1. The van der Waals surface area contributed by atoms with Crippen LogP contribution in [0.3, 0.4) is 0 Å². The van der Waals surface area contributed by atoms with E-state index in [1.807, 2.05) is 6.07 Å². The van der Waals surface area contributed by atoms with Gasteiger partial charge in [0.15, 0.2) is 17.1 Å². The Labute approximate surface area is 188 Å². The molecule has 0 amide bonds. The third-order valence-corrected chi connectivity index (χ3v) is 6.71. The molecule has 3 aromatic rings. The fourth-order valence-corrected chi connectivity index (χ4v) is 4.95. The minimum atomic E-state index is -1.87. The predicted molar refractivity (Wildman–Crippen MR) is 117 cm³/mol. The van der Waals surface area contributed by atoms with Crippen molar-refractivity contribution in [1.82, 2.24) is 9.55 Å². The number of ether oxygens (including phenoxy) is 3. The van der Waals surface area contributed by atoms with Crippen molar-refractivity contribution < 1.29 is 24.1 Å². The van der Waals surface area contributed by atoms with E-state index in [9.17, 15) is 14.7 Å². The van der Waals surface area contributed by atoms with E-state index in [1.54, 1.807) is 37.8 Å². The van der Waals surface area contributed by atoms with Gasteiger partial charge < -0.3 is 23.9 Å². The van der Waals surface area contributed by atoms with Crippen molar-refractivity contribution in [3.8, 4) is 22.9 Å². The van der Waals surface area contributed by atoms with E-state index >= 15 is 0 Å². The van der Waals surface area contributed by atoms with Gasteiger partial charge in [0, 0.05) is 28.5 Å². The highest BCUT2D eigenvalue weighted by atomic mass is 35.5. The second-order valence-corrected chi connectivity index (χ2v) is 8.15. The lowest BCUT2D eigenvalue weighted by atomic mass is 9.86. The Kier molecular flexibility index (Phi) is 4.69. The van der Waals surface area contributed by atoms with Gasteiger partial charge in [0.25, 0.3) is 5.56 Å². The Morgan fingerprint density at radius 1 is 1.19 bits per heavy atom. The average molecular weight is 457 g/mol. The molecule has 32 heavy (non-hydrogen) atoms. The van der Waals surface area contributed by atoms with E-state index in [1.165, 1.54) is 0 Å². The van der Waals surface area contributed by atoms with Crippen LogP contribution in [0, 0.1) is 0 Å². The summed E-state index contributed by atoms with van der Waals surface area (Å²) in [7, 11) is 3.11. The maximum Gasteiger partial charge on any atom is 0.343 e. The molecule has 0 bridgehead atoms. The quantitative estimate of drug-likeness (QED) is 0.372. The van der Waals surface area contributed by atoms with Crippen molar-refractivity contribution in [1.29, 1.82) is 0 Å². The summed E-state index contributed by atoms with van der Waals surface area (Å²) in [6, 6.07) is 5.28. The van der Waals surface area contributed by atoms with Crippen LogP contribution in [0.25, 0.3) is 22.3 Å². The fraction of sp³-hybridized carbons (Fsp3) is 0.348. The van der Waals surface area contributed by atoms with Gasteiger partial charge in [0.1, 0.15) is 6.61 Å². The van der Waals surface area contributed by atoms with Crippen LogP contribution < -0.4 is 15.0 Å². The Morgan fingerprint density at radius 2 is 1.91 bits per heavy atom. The fourth-order valence-electron chi connectivity index (χ4n) is 4.64. The number of aromatic nitrogens is 2. The predicted octanol–water partition coefficient (Wildman–Crippen LogP) is 2.84. The van der Waals surface area contributed by atoms with Crippen LogP contribution in [0.2, 0.25) is 0 Å². The van der Waals surface area contributed by atoms with Crippen LogP contribution in [0.1, 0.15) is 35.6 Å². The number of rotatable bonds is 4. The molecule has 0 aliphatic carbocycles. The van der Waals surface area contributed by atoms with Gasteiger partial charge in [-0.3, -0.25) is 4.79 Å². The SMILES string of the molecule is CC[C@@]1(O)C(=O)OCc2c1cc1n(c2=O)Cc2c-1nc1cc(OC)c(OC)cc1c2CCl. The number of aliphatic hydroxyl groups is 1. The number of methoxy groups -OCH3 is 2. The van der Waals surface area contributed by atoms with Crippen molar-refractivity contribution >= 4 is 28.5 Å². The van der Waals surface area contributed by atoms with Crippen LogP contribution in [0.15, 0.2) is 23.0 Å². The summed E-state index contributed by atoms with van der Waals surface area (Å²) in [5.74, 6) is 0.538. The van der Waals surface area contributed by atoms with Gasteiger partial charge in [-0.15, -0.1) is 11.6 Å². The third-order valence-electron chi connectivity index (χ3n) is 6.44. The van der Waals surface area contributed by atoms with Gasteiger partial charge in [-0.1, -0.05) is 6.92 Å². The average Bonchev–Trinajstić information content (AvgIpc) is 3.17. The van der Waals surface area contributed by atoms with Gasteiger partial charge in [-0.2, -0.15) is 0 Å². The molecular formula is C23H21ClN2O6. The van der Waals surface area contributed by atoms with E-state index in [-0.39, 0.29) is 42.1 Å². The largest absolute Gasteiger partial charge is 0.493 e. The van der Waals surface area contributed by atoms with E-state index in [4.69, 9.17) is 30.8 Å². The second kappa shape index (κ2) is 7.21. The van der Waals surface area contributed by atoms with Gasteiger partial charge >= 0.3 is 5.97 Å². The van der Waals surface area contributed by atoms with Crippen LogP contribution in [0.5, 0.6) is 11.5 Å². The lowest BCUT2D eigenvalue weighted by Crippen LogP contribution is -2.44. The number of alkyl halides is 1. The molecular weight excluding hydrogens is 436 g/mol. The summed E-state index contributed by atoms with van der Waals surface area (Å²) < 4.78 is 17.6. The number of hydrogen-bond donors (Lipinski definition) is 1. The van der Waals surface area contributed by atoms with Gasteiger partial charge in [0.2, 0.25) is 0 Å². The molecule has 1 N–H and O–H groups in total. The normalized spacial score (nSPS) is 18.7. The molecule has 0 saturated heterocycles.